The van der Waals surface area contributed by atoms with E-state index in [9.17, 15) is 13.2 Å². The third-order valence-corrected chi connectivity index (χ3v) is 7.40. The van der Waals surface area contributed by atoms with Crippen LogP contribution in [0.3, 0.4) is 0 Å². The normalized spacial score (nSPS) is 23.7. The zero-order valence-corrected chi connectivity index (χ0v) is 18.1. The van der Waals surface area contributed by atoms with E-state index < -0.39 is 9.84 Å². The van der Waals surface area contributed by atoms with Crippen molar-refractivity contribution < 1.29 is 27.4 Å². The van der Waals surface area contributed by atoms with Gasteiger partial charge in [0.1, 0.15) is 0 Å². The molecular formula is C20H30N2O6S. The Bertz CT molecular complexity index is 836. The maximum atomic E-state index is 12.6. The molecule has 8 nitrogen and oxygen atoms in total. The number of amides is 1. The molecule has 1 amide bonds. The summed E-state index contributed by atoms with van der Waals surface area (Å²) >= 11 is 0. The quantitative estimate of drug-likeness (QED) is 0.663. The molecule has 0 radical (unpaired) electrons. The van der Waals surface area contributed by atoms with Gasteiger partial charge in [0.15, 0.2) is 21.3 Å². The molecule has 1 aromatic carbocycles. The molecule has 29 heavy (non-hydrogen) atoms. The fourth-order valence-electron chi connectivity index (χ4n) is 4.29. The molecule has 0 spiro atoms. The number of hydrogen-bond acceptors (Lipinski definition) is 7. The summed E-state index contributed by atoms with van der Waals surface area (Å²) in [5, 5.41) is 2.96. The van der Waals surface area contributed by atoms with E-state index in [1.807, 2.05) is 6.07 Å². The van der Waals surface area contributed by atoms with Gasteiger partial charge in [-0.1, -0.05) is 6.07 Å². The Morgan fingerprint density at radius 3 is 2.38 bits per heavy atom. The second kappa shape index (κ2) is 9.21. The second-order valence-electron chi connectivity index (χ2n) is 7.55. The van der Waals surface area contributed by atoms with Gasteiger partial charge in [0.25, 0.3) is 0 Å². The van der Waals surface area contributed by atoms with E-state index in [0.29, 0.717) is 23.7 Å². The van der Waals surface area contributed by atoms with Gasteiger partial charge < -0.3 is 19.5 Å². The zero-order chi connectivity index (χ0) is 21.0. The molecule has 0 bridgehead atoms. The van der Waals surface area contributed by atoms with Gasteiger partial charge in [0, 0.05) is 12.5 Å². The van der Waals surface area contributed by atoms with E-state index in [1.165, 1.54) is 7.11 Å². The maximum absolute atomic E-state index is 12.6. The fourth-order valence-corrected chi connectivity index (χ4v) is 6.24. The Hall–Kier alpha value is -2.00. The lowest BCUT2D eigenvalue weighted by atomic mass is 10.1. The average Bonchev–Trinajstić information content (AvgIpc) is 3.32. The molecule has 3 rings (SSSR count). The highest BCUT2D eigenvalue weighted by Crippen LogP contribution is 2.40. The van der Waals surface area contributed by atoms with Crippen LogP contribution in [0, 0.1) is 0 Å². The van der Waals surface area contributed by atoms with Crippen molar-refractivity contribution in [2.45, 2.75) is 37.8 Å². The number of nitrogens with zero attached hydrogens (tertiary/aromatic N) is 1. The van der Waals surface area contributed by atoms with Crippen molar-refractivity contribution in [1.82, 2.24) is 10.2 Å². The summed E-state index contributed by atoms with van der Waals surface area (Å²) in [6.07, 6.45) is 2.84. The molecule has 0 aliphatic carbocycles. The zero-order valence-electron chi connectivity index (χ0n) is 17.3. The highest BCUT2D eigenvalue weighted by Gasteiger charge is 2.42. The van der Waals surface area contributed by atoms with Gasteiger partial charge in [-0.05, 0) is 44.0 Å². The largest absolute Gasteiger partial charge is 0.493 e. The number of hydrogen-bond donors (Lipinski definition) is 1. The summed E-state index contributed by atoms with van der Waals surface area (Å²) in [6.45, 7) is 1.80. The molecule has 9 heteroatoms. The van der Waals surface area contributed by atoms with Crippen LogP contribution in [0.15, 0.2) is 12.1 Å². The van der Waals surface area contributed by atoms with E-state index in [0.717, 1.165) is 31.5 Å². The first kappa shape index (κ1) is 21.7. The van der Waals surface area contributed by atoms with Crippen molar-refractivity contribution >= 4 is 15.7 Å². The van der Waals surface area contributed by atoms with Crippen LogP contribution < -0.4 is 19.5 Å². The number of rotatable bonds is 8. The highest BCUT2D eigenvalue weighted by molar-refractivity contribution is 7.91. The van der Waals surface area contributed by atoms with Crippen molar-refractivity contribution in [1.29, 1.82) is 0 Å². The molecule has 2 fully saturated rings. The number of methoxy groups -OCH3 is 3. The van der Waals surface area contributed by atoms with Crippen LogP contribution >= 0.6 is 0 Å². The molecule has 2 aliphatic heterocycles. The topological polar surface area (TPSA) is 94.2 Å². The summed E-state index contributed by atoms with van der Waals surface area (Å²) in [7, 11) is 1.51. The van der Waals surface area contributed by atoms with Crippen LogP contribution in [-0.2, 0) is 21.1 Å². The van der Waals surface area contributed by atoms with Gasteiger partial charge in [-0.15, -0.1) is 0 Å². The average molecular weight is 427 g/mol. The smallest absolute Gasteiger partial charge is 0.220 e. The minimum atomic E-state index is -3.13. The van der Waals surface area contributed by atoms with Crippen LogP contribution in [0.1, 0.15) is 24.8 Å². The molecule has 2 atom stereocenters. The van der Waals surface area contributed by atoms with Crippen molar-refractivity contribution in [2.24, 2.45) is 0 Å². The fraction of sp³-hybridized carbons (Fsp3) is 0.650. The maximum Gasteiger partial charge on any atom is 0.220 e. The Balaban J connectivity index is 1.65. The summed E-state index contributed by atoms with van der Waals surface area (Å²) in [5.41, 5.74) is 0.829. The van der Waals surface area contributed by atoms with Gasteiger partial charge in [0.05, 0.1) is 38.9 Å². The number of likely N-dealkylation sites (tertiary alicyclic amines) is 1. The highest BCUT2D eigenvalue weighted by atomic mass is 32.2. The minimum absolute atomic E-state index is 0.0135. The molecule has 1 N–H and O–H groups in total. The molecule has 162 valence electrons. The Morgan fingerprint density at radius 2 is 1.76 bits per heavy atom. The first-order valence-electron chi connectivity index (χ1n) is 9.90. The molecule has 0 aromatic heterocycles. The predicted molar refractivity (Wildman–Crippen MR) is 110 cm³/mol. The van der Waals surface area contributed by atoms with Crippen molar-refractivity contribution in [2.75, 3.05) is 45.9 Å². The molecule has 0 saturated carbocycles. The number of aryl methyl sites for hydroxylation is 1. The third kappa shape index (κ3) is 4.95. The Morgan fingerprint density at radius 1 is 1.07 bits per heavy atom. The van der Waals surface area contributed by atoms with Crippen molar-refractivity contribution in [3.8, 4) is 17.2 Å². The van der Waals surface area contributed by atoms with E-state index in [-0.39, 0.29) is 35.9 Å². The first-order valence-corrected chi connectivity index (χ1v) is 11.7. The van der Waals surface area contributed by atoms with E-state index in [1.54, 1.807) is 20.3 Å². The van der Waals surface area contributed by atoms with Crippen LogP contribution in [-0.4, -0.2) is 77.2 Å². The van der Waals surface area contributed by atoms with Crippen LogP contribution in [0.25, 0.3) is 0 Å². The first-order chi connectivity index (χ1) is 13.9. The molecule has 1 aromatic rings. The summed E-state index contributed by atoms with van der Waals surface area (Å²) < 4.78 is 40.5. The van der Waals surface area contributed by atoms with Crippen molar-refractivity contribution in [3.63, 3.8) is 0 Å². The Kier molecular flexibility index (Phi) is 6.89. The lowest BCUT2D eigenvalue weighted by molar-refractivity contribution is -0.121. The van der Waals surface area contributed by atoms with Gasteiger partial charge in [-0.2, -0.15) is 0 Å². The minimum Gasteiger partial charge on any atom is -0.493 e. The van der Waals surface area contributed by atoms with Crippen LogP contribution in [0.2, 0.25) is 0 Å². The van der Waals surface area contributed by atoms with Gasteiger partial charge >= 0.3 is 0 Å². The van der Waals surface area contributed by atoms with Gasteiger partial charge in [-0.25, -0.2) is 8.42 Å². The van der Waals surface area contributed by atoms with E-state index >= 15 is 0 Å². The van der Waals surface area contributed by atoms with Gasteiger partial charge in [-0.3, -0.25) is 9.69 Å². The van der Waals surface area contributed by atoms with Gasteiger partial charge in [0.2, 0.25) is 11.7 Å². The summed E-state index contributed by atoms with van der Waals surface area (Å²) in [4.78, 5) is 14.8. The molecule has 2 aliphatic rings. The van der Waals surface area contributed by atoms with Crippen LogP contribution in [0.4, 0.5) is 0 Å². The lowest BCUT2D eigenvalue weighted by Crippen LogP contribution is -2.50. The number of ether oxygens (including phenoxy) is 3. The number of carbonyl (C=O) groups excluding carboxylic acids is 1. The number of carbonyl (C=O) groups is 1. The summed E-state index contributed by atoms with van der Waals surface area (Å²) in [5.74, 6) is 1.57. The van der Waals surface area contributed by atoms with E-state index in [4.69, 9.17) is 14.2 Å². The Labute approximate surface area is 172 Å². The molecule has 2 saturated heterocycles. The van der Waals surface area contributed by atoms with Crippen LogP contribution in [0.5, 0.6) is 17.2 Å². The van der Waals surface area contributed by atoms with E-state index in [2.05, 4.69) is 10.2 Å². The summed E-state index contributed by atoms with van der Waals surface area (Å²) in [6, 6.07) is 3.15. The molecule has 2 unspecified atom stereocenters. The lowest BCUT2D eigenvalue weighted by Gasteiger charge is -2.28. The molecular weight excluding hydrogens is 396 g/mol. The number of sulfone groups is 1. The second-order valence-corrected chi connectivity index (χ2v) is 9.71. The van der Waals surface area contributed by atoms with Crippen molar-refractivity contribution in [3.05, 3.63) is 17.7 Å². The third-order valence-electron chi connectivity index (χ3n) is 5.69. The monoisotopic (exact) mass is 426 g/mol. The standard InChI is InChI=1S/C20H30N2O6S/c1-26-17-8-6-14(19(27-2)20(17)28-3)7-9-18(23)21-15-12-29(24,25)13-16(15)22-10-4-5-11-22/h6,8,15-16H,4-5,7,9-13H2,1-3H3,(H,21,23). The number of benzene rings is 1. The predicted octanol–water partition coefficient (Wildman–Crippen LogP) is 1.02. The SMILES string of the molecule is COc1ccc(CCC(=O)NC2CS(=O)(=O)CC2N2CCCC2)c(OC)c1OC. The number of nitrogens with one attached hydrogen (secondary N) is 1. The molecule has 2 heterocycles.